The lowest BCUT2D eigenvalue weighted by Crippen LogP contribution is -2.10. The third-order valence-electron chi connectivity index (χ3n) is 1.86. The van der Waals surface area contributed by atoms with E-state index in [1.54, 1.807) is 18.2 Å². The van der Waals surface area contributed by atoms with Gasteiger partial charge in [0.1, 0.15) is 12.4 Å². The summed E-state index contributed by atoms with van der Waals surface area (Å²) in [4.78, 5) is 11.4. The van der Waals surface area contributed by atoms with Gasteiger partial charge in [0.25, 0.3) is 0 Å². The van der Waals surface area contributed by atoms with E-state index in [4.69, 9.17) is 4.74 Å². The number of allylic oxidation sites excluding steroid dienone is 1. The first-order valence-electron chi connectivity index (χ1n) is 4.72. The summed E-state index contributed by atoms with van der Waals surface area (Å²) in [7, 11) is 0. The number of rotatable bonds is 5. The first-order valence-corrected chi connectivity index (χ1v) is 4.72. The first-order chi connectivity index (χ1) is 7.25. The van der Waals surface area contributed by atoms with Crippen LogP contribution in [0.4, 0.5) is 4.39 Å². The molecule has 0 aliphatic carbocycles. The van der Waals surface area contributed by atoms with Crippen molar-refractivity contribution in [2.24, 2.45) is 0 Å². The highest BCUT2D eigenvalue weighted by Gasteiger charge is 2.09. The zero-order valence-electron chi connectivity index (χ0n) is 8.57. The summed E-state index contributed by atoms with van der Waals surface area (Å²) in [5.74, 6) is -0.838. The van der Waals surface area contributed by atoms with Crippen molar-refractivity contribution >= 4 is 5.78 Å². The Morgan fingerprint density at radius 1 is 1.47 bits per heavy atom. The van der Waals surface area contributed by atoms with Crippen LogP contribution in [0.15, 0.2) is 36.4 Å². The highest BCUT2D eigenvalue weighted by Crippen LogP contribution is 2.07. The molecule has 0 saturated heterocycles. The van der Waals surface area contributed by atoms with Crippen molar-refractivity contribution in [3.63, 3.8) is 0 Å². The molecule has 0 heterocycles. The smallest absolute Gasteiger partial charge is 0.191 e. The molecular weight excluding hydrogens is 195 g/mol. The van der Waals surface area contributed by atoms with Gasteiger partial charge in [-0.1, -0.05) is 24.3 Å². The second kappa shape index (κ2) is 6.09. The molecule has 0 aliphatic heterocycles. The lowest BCUT2D eigenvalue weighted by molar-refractivity contribution is 0.0802. The third kappa shape index (κ3) is 3.64. The maximum absolute atomic E-state index is 13.1. The molecule has 0 aliphatic rings. The molecule has 0 bridgehead atoms. The van der Waals surface area contributed by atoms with Crippen molar-refractivity contribution in [3.8, 4) is 0 Å². The second-order valence-electron chi connectivity index (χ2n) is 2.99. The van der Waals surface area contributed by atoms with Gasteiger partial charge >= 0.3 is 0 Å². The normalized spacial score (nSPS) is 10.8. The Bertz CT molecular complexity index is 358. The molecule has 0 atom stereocenters. The van der Waals surface area contributed by atoms with Crippen molar-refractivity contribution in [1.29, 1.82) is 0 Å². The number of halogens is 1. The molecule has 0 radical (unpaired) electrons. The molecule has 0 amide bonds. The van der Waals surface area contributed by atoms with Crippen LogP contribution in [0.5, 0.6) is 0 Å². The number of Topliss-reactive ketones (excluding diaryl/α,β-unsaturated/α-hetero) is 1. The van der Waals surface area contributed by atoms with E-state index in [0.29, 0.717) is 6.61 Å². The molecule has 80 valence electrons. The van der Waals surface area contributed by atoms with Crippen LogP contribution in [0.25, 0.3) is 0 Å². The highest BCUT2D eigenvalue weighted by atomic mass is 19.1. The molecule has 2 nitrogen and oxygen atoms in total. The van der Waals surface area contributed by atoms with Crippen LogP contribution in [-0.4, -0.2) is 19.0 Å². The topological polar surface area (TPSA) is 26.3 Å². The number of hydrogen-bond donors (Lipinski definition) is 0. The number of benzene rings is 1. The largest absolute Gasteiger partial charge is 0.369 e. The van der Waals surface area contributed by atoms with E-state index < -0.39 is 5.82 Å². The fourth-order valence-electron chi connectivity index (χ4n) is 1.08. The Hall–Kier alpha value is -1.48. The number of hydrogen-bond acceptors (Lipinski definition) is 2. The number of carbonyl (C=O) groups is 1. The molecule has 0 N–H and O–H groups in total. The van der Waals surface area contributed by atoms with Gasteiger partial charge in [0, 0.05) is 0 Å². The van der Waals surface area contributed by atoms with Crippen LogP contribution in [0.3, 0.4) is 0 Å². The lowest BCUT2D eigenvalue weighted by atomic mass is 10.1. The fourth-order valence-corrected chi connectivity index (χ4v) is 1.08. The van der Waals surface area contributed by atoms with Crippen LogP contribution in [0.2, 0.25) is 0 Å². The van der Waals surface area contributed by atoms with Gasteiger partial charge in [-0.2, -0.15) is 0 Å². The number of ether oxygens (including phenoxy) is 1. The Morgan fingerprint density at radius 3 is 2.87 bits per heavy atom. The SMILES string of the molecule is CC=CCOCC(=O)c1ccccc1F. The lowest BCUT2D eigenvalue weighted by Gasteiger charge is -2.02. The van der Waals surface area contributed by atoms with Gasteiger partial charge in [0.2, 0.25) is 0 Å². The maximum Gasteiger partial charge on any atom is 0.191 e. The van der Waals surface area contributed by atoms with Crippen molar-refractivity contribution in [2.45, 2.75) is 6.92 Å². The molecule has 1 aromatic rings. The molecular formula is C12H13FO2. The first kappa shape index (κ1) is 11.6. The molecule has 0 fully saturated rings. The average molecular weight is 208 g/mol. The van der Waals surface area contributed by atoms with Crippen molar-refractivity contribution < 1.29 is 13.9 Å². The van der Waals surface area contributed by atoms with E-state index in [0.717, 1.165) is 0 Å². The predicted octanol–water partition coefficient (Wildman–Crippen LogP) is 2.60. The maximum atomic E-state index is 13.1. The Kier molecular flexibility index (Phi) is 4.71. The molecule has 0 unspecified atom stereocenters. The Morgan fingerprint density at radius 2 is 2.20 bits per heavy atom. The number of carbonyl (C=O) groups excluding carboxylic acids is 1. The standard InChI is InChI=1S/C12H13FO2/c1-2-3-8-15-9-12(14)10-6-4-5-7-11(10)13/h2-7H,8-9H2,1H3. The molecule has 0 aromatic heterocycles. The molecule has 1 aromatic carbocycles. The van der Waals surface area contributed by atoms with E-state index in [2.05, 4.69) is 0 Å². The summed E-state index contributed by atoms with van der Waals surface area (Å²) < 4.78 is 18.2. The van der Waals surface area contributed by atoms with Crippen molar-refractivity contribution in [2.75, 3.05) is 13.2 Å². The van der Waals surface area contributed by atoms with Gasteiger partial charge in [0.05, 0.1) is 12.2 Å². The summed E-state index contributed by atoms with van der Waals surface area (Å²) >= 11 is 0. The van der Waals surface area contributed by atoms with Crippen molar-refractivity contribution in [3.05, 3.63) is 47.8 Å². The minimum absolute atomic E-state index is 0.0815. The summed E-state index contributed by atoms with van der Waals surface area (Å²) in [6, 6.07) is 5.89. The second-order valence-corrected chi connectivity index (χ2v) is 2.99. The van der Waals surface area contributed by atoms with Crippen LogP contribution in [-0.2, 0) is 4.74 Å². The summed E-state index contributed by atoms with van der Waals surface area (Å²) in [6.45, 7) is 2.14. The van der Waals surface area contributed by atoms with Gasteiger partial charge in [-0.25, -0.2) is 4.39 Å². The zero-order valence-corrected chi connectivity index (χ0v) is 8.57. The molecule has 0 spiro atoms. The van der Waals surface area contributed by atoms with Gasteiger partial charge in [-0.3, -0.25) is 4.79 Å². The monoisotopic (exact) mass is 208 g/mol. The molecule has 15 heavy (non-hydrogen) atoms. The average Bonchev–Trinajstić information content (AvgIpc) is 2.25. The Labute approximate surface area is 88.4 Å². The van der Waals surface area contributed by atoms with Gasteiger partial charge in [-0.15, -0.1) is 0 Å². The van der Waals surface area contributed by atoms with Gasteiger partial charge in [0.15, 0.2) is 5.78 Å². The van der Waals surface area contributed by atoms with Crippen LogP contribution in [0, 0.1) is 5.82 Å². The zero-order chi connectivity index (χ0) is 11.1. The summed E-state index contributed by atoms with van der Waals surface area (Å²) in [6.07, 6.45) is 3.61. The summed E-state index contributed by atoms with van der Waals surface area (Å²) in [5, 5.41) is 0. The van der Waals surface area contributed by atoms with Crippen LogP contribution < -0.4 is 0 Å². The minimum Gasteiger partial charge on any atom is -0.369 e. The third-order valence-corrected chi connectivity index (χ3v) is 1.86. The van der Waals surface area contributed by atoms with E-state index in [1.165, 1.54) is 12.1 Å². The van der Waals surface area contributed by atoms with E-state index in [-0.39, 0.29) is 18.0 Å². The van der Waals surface area contributed by atoms with Gasteiger partial charge < -0.3 is 4.74 Å². The van der Waals surface area contributed by atoms with Crippen LogP contribution >= 0.6 is 0 Å². The Balaban J connectivity index is 2.51. The van der Waals surface area contributed by atoms with Gasteiger partial charge in [-0.05, 0) is 19.1 Å². The van der Waals surface area contributed by atoms with E-state index >= 15 is 0 Å². The quantitative estimate of drug-likeness (QED) is 0.422. The van der Waals surface area contributed by atoms with Crippen LogP contribution in [0.1, 0.15) is 17.3 Å². The molecule has 0 saturated carbocycles. The fraction of sp³-hybridized carbons (Fsp3) is 0.250. The van der Waals surface area contributed by atoms with E-state index in [9.17, 15) is 9.18 Å². The minimum atomic E-state index is -0.503. The summed E-state index contributed by atoms with van der Waals surface area (Å²) in [5.41, 5.74) is 0.0815. The van der Waals surface area contributed by atoms with Crippen molar-refractivity contribution in [1.82, 2.24) is 0 Å². The molecule has 3 heteroatoms. The van der Waals surface area contributed by atoms with E-state index in [1.807, 2.05) is 13.0 Å². The highest BCUT2D eigenvalue weighted by molar-refractivity contribution is 5.97. The number of ketones is 1. The predicted molar refractivity (Wildman–Crippen MR) is 56.4 cm³/mol. The molecule has 1 rings (SSSR count).